The van der Waals surface area contributed by atoms with E-state index in [2.05, 4.69) is 11.9 Å². The van der Waals surface area contributed by atoms with Gasteiger partial charge in [0.25, 0.3) is 16.0 Å². The van der Waals surface area contributed by atoms with E-state index in [1.165, 1.54) is 0 Å². The van der Waals surface area contributed by atoms with Crippen LogP contribution in [0.3, 0.4) is 0 Å². The first kappa shape index (κ1) is 27.7. The molecule has 9 nitrogen and oxygen atoms in total. The summed E-state index contributed by atoms with van der Waals surface area (Å²) in [6.45, 7) is 7.89. The summed E-state index contributed by atoms with van der Waals surface area (Å²) in [5.74, 6) is -1.22. The third-order valence-corrected chi connectivity index (χ3v) is 4.47. The predicted molar refractivity (Wildman–Crippen MR) is 106 cm³/mol. The number of quaternary nitrogens is 2. The van der Waals surface area contributed by atoms with Gasteiger partial charge in [-0.1, -0.05) is 13.5 Å². The van der Waals surface area contributed by atoms with E-state index in [1.54, 1.807) is 6.92 Å². The zero-order chi connectivity index (χ0) is 22.1. The minimum absolute atomic E-state index is 0.120. The lowest BCUT2D eigenvalue weighted by Crippen LogP contribution is -2.58. The Bertz CT molecular complexity index is 609. The molecule has 0 heterocycles. The van der Waals surface area contributed by atoms with Crippen molar-refractivity contribution < 1.29 is 36.6 Å². The maximum atomic E-state index is 11.6. The van der Waals surface area contributed by atoms with Crippen LogP contribution in [0.25, 0.3) is 0 Å². The second kappa shape index (κ2) is 11.4. The highest BCUT2D eigenvalue weighted by Gasteiger charge is 2.28. The van der Waals surface area contributed by atoms with Crippen molar-refractivity contribution in [3.63, 3.8) is 0 Å². The van der Waals surface area contributed by atoms with Gasteiger partial charge in [0.2, 0.25) is 0 Å². The molecule has 0 rings (SSSR count). The maximum Gasteiger partial charge on any atom is 0.359 e. The summed E-state index contributed by atoms with van der Waals surface area (Å²) < 4.78 is 31.0. The lowest BCUT2D eigenvalue weighted by molar-refractivity contribution is -0.917. The Hall–Kier alpha value is -1.49. The van der Waals surface area contributed by atoms with Crippen molar-refractivity contribution in [3.05, 3.63) is 12.2 Å². The number of likely N-dealkylation sites (N-methyl/N-ethyl adjacent to an activating group) is 1. The van der Waals surface area contributed by atoms with Gasteiger partial charge in [-0.25, -0.2) is 4.79 Å². The number of carboxylic acid groups (broad SMARTS) is 1. The quantitative estimate of drug-likeness (QED) is 0.209. The Labute approximate surface area is 163 Å². The first-order valence-corrected chi connectivity index (χ1v) is 10.3. The molecule has 1 atom stereocenters. The van der Waals surface area contributed by atoms with Gasteiger partial charge in [-0.3, -0.25) is 9.35 Å². The fraction of sp³-hybridized carbons (Fsp3) is 0.765. The first-order valence-electron chi connectivity index (χ1n) is 8.67. The molecule has 0 saturated carbocycles. The van der Waals surface area contributed by atoms with Crippen molar-refractivity contribution >= 4 is 22.0 Å². The number of carboxylic acids is 1. The number of nitrogens with zero attached hydrogens (tertiary/aromatic N) is 2. The van der Waals surface area contributed by atoms with Crippen LogP contribution < -0.4 is 5.32 Å². The van der Waals surface area contributed by atoms with E-state index in [4.69, 9.17) is 9.66 Å². The summed E-state index contributed by atoms with van der Waals surface area (Å²) in [5, 5.41) is 11.1. The van der Waals surface area contributed by atoms with Crippen molar-refractivity contribution in [3.8, 4) is 0 Å². The monoisotopic (exact) mass is 411 g/mol. The Morgan fingerprint density at radius 3 is 1.89 bits per heavy atom. The van der Waals surface area contributed by atoms with Crippen molar-refractivity contribution in [2.24, 2.45) is 0 Å². The smallest absolute Gasteiger partial charge is 0.359 e. The number of hydrogen-bond acceptors (Lipinski definition) is 4. The van der Waals surface area contributed by atoms with E-state index < -0.39 is 16.1 Å². The molecule has 3 N–H and O–H groups in total. The van der Waals surface area contributed by atoms with Crippen LogP contribution in [0.1, 0.15) is 26.7 Å². The van der Waals surface area contributed by atoms with Gasteiger partial charge in [0, 0.05) is 18.4 Å². The average Bonchev–Trinajstić information content (AvgIpc) is 2.40. The molecule has 160 valence electrons. The topological polar surface area (TPSA) is 121 Å². The molecule has 0 fully saturated rings. The summed E-state index contributed by atoms with van der Waals surface area (Å²) in [4.78, 5) is 21.6. The molecule has 27 heavy (non-hydrogen) atoms. The van der Waals surface area contributed by atoms with Gasteiger partial charge in [-0.2, -0.15) is 8.42 Å². The van der Waals surface area contributed by atoms with Gasteiger partial charge < -0.3 is 19.4 Å². The fourth-order valence-corrected chi connectivity index (χ4v) is 2.76. The molecule has 0 radical (unpaired) electrons. The van der Waals surface area contributed by atoms with Crippen LogP contribution in [-0.2, 0) is 19.7 Å². The molecular weight excluding hydrogens is 374 g/mol. The summed E-state index contributed by atoms with van der Waals surface area (Å²) in [5.41, 5.74) is 0.441. The Balaban J connectivity index is 0. The number of carbonyl (C=O) groups is 2. The van der Waals surface area contributed by atoms with Crippen LogP contribution in [0.4, 0.5) is 0 Å². The lowest BCUT2D eigenvalue weighted by Gasteiger charge is -2.37. The minimum atomic E-state index is -3.93. The molecule has 0 saturated heterocycles. The summed E-state index contributed by atoms with van der Waals surface area (Å²) in [7, 11) is 5.42. The van der Waals surface area contributed by atoms with Gasteiger partial charge in [0.1, 0.15) is 0 Å². The number of rotatable bonds is 10. The summed E-state index contributed by atoms with van der Waals surface area (Å²) in [6, 6.07) is 0. The van der Waals surface area contributed by atoms with Crippen LogP contribution in [0.5, 0.6) is 0 Å². The standard InChI is InChI=1S/C12H24N2O4S.C5H11NO2/c1-6-11(13-12(15)10(2)3)14(4,5)8-7-9-19(16,17)18;1-6(2,3)4-5(7)8/h11H,2,6-9H2,1,3-5H3,(H-,13,15,16,17,18);4H2,1-3H3/p+2. The van der Waals surface area contributed by atoms with Crippen LogP contribution in [0.15, 0.2) is 12.2 Å². The molecule has 0 aliphatic rings. The molecule has 0 bridgehead atoms. The van der Waals surface area contributed by atoms with Gasteiger partial charge in [-0.15, -0.1) is 0 Å². The normalized spacial score (nSPS) is 13.2. The van der Waals surface area contributed by atoms with Gasteiger partial charge in [0.05, 0.1) is 47.5 Å². The number of nitrogens with one attached hydrogen (secondary N) is 1. The van der Waals surface area contributed by atoms with Crippen LogP contribution in [-0.4, -0.2) is 99.2 Å². The predicted octanol–water partition coefficient (Wildman–Crippen LogP) is 0.546. The van der Waals surface area contributed by atoms with E-state index in [0.717, 1.165) is 6.42 Å². The Morgan fingerprint density at radius 1 is 1.15 bits per heavy atom. The number of hydrogen-bond donors (Lipinski definition) is 3. The van der Waals surface area contributed by atoms with Crippen LogP contribution in [0.2, 0.25) is 0 Å². The van der Waals surface area contributed by atoms with Crippen molar-refractivity contribution in [1.29, 1.82) is 0 Å². The van der Waals surface area contributed by atoms with E-state index >= 15 is 0 Å². The van der Waals surface area contributed by atoms with Crippen LogP contribution in [0, 0.1) is 0 Å². The highest BCUT2D eigenvalue weighted by Crippen LogP contribution is 2.10. The van der Waals surface area contributed by atoms with E-state index in [0.29, 0.717) is 27.5 Å². The zero-order valence-electron chi connectivity index (χ0n) is 17.7. The lowest BCUT2D eigenvalue weighted by atomic mass is 10.2. The molecule has 1 amide bonds. The molecule has 0 aromatic carbocycles. The maximum absolute atomic E-state index is 11.6. The Kier molecular flexibility index (Phi) is 11.7. The van der Waals surface area contributed by atoms with Crippen LogP contribution >= 0.6 is 0 Å². The molecule has 0 aromatic heterocycles. The number of carbonyl (C=O) groups excluding carboxylic acids is 1. The molecule has 0 spiro atoms. The van der Waals surface area contributed by atoms with E-state index in [9.17, 15) is 18.0 Å². The Morgan fingerprint density at radius 2 is 1.63 bits per heavy atom. The molecule has 0 aliphatic carbocycles. The van der Waals surface area contributed by atoms with Gasteiger partial charge in [0.15, 0.2) is 12.7 Å². The third-order valence-electron chi connectivity index (χ3n) is 3.66. The highest BCUT2D eigenvalue weighted by atomic mass is 32.2. The molecule has 1 unspecified atom stereocenters. The zero-order valence-corrected chi connectivity index (χ0v) is 18.5. The second-order valence-corrected chi connectivity index (χ2v) is 9.73. The van der Waals surface area contributed by atoms with Crippen molar-refractivity contribution in [2.75, 3.05) is 54.1 Å². The SMILES string of the molecule is C=C(C)C(=O)NC(CC)[N+](C)(C)CCCS(=O)(=O)O.C[N+](C)(C)CC(=O)O. The van der Waals surface area contributed by atoms with Crippen molar-refractivity contribution in [1.82, 2.24) is 5.32 Å². The average molecular weight is 412 g/mol. The molecule has 0 aromatic rings. The summed E-state index contributed by atoms with van der Waals surface area (Å²) >= 11 is 0. The van der Waals surface area contributed by atoms with E-state index in [-0.39, 0.29) is 24.4 Å². The second-order valence-electron chi connectivity index (χ2n) is 8.16. The van der Waals surface area contributed by atoms with Gasteiger partial charge in [-0.05, 0) is 6.92 Å². The largest absolute Gasteiger partial charge is 0.477 e. The fourth-order valence-electron chi connectivity index (χ4n) is 2.26. The number of aliphatic carboxylic acids is 1. The third kappa shape index (κ3) is 16.4. The van der Waals surface area contributed by atoms with Crippen molar-refractivity contribution in [2.45, 2.75) is 32.9 Å². The van der Waals surface area contributed by atoms with E-state index in [1.807, 2.05) is 42.2 Å². The number of amides is 1. The summed E-state index contributed by atoms with van der Waals surface area (Å²) in [6.07, 6.45) is 0.939. The molecule has 10 heteroatoms. The minimum Gasteiger partial charge on any atom is -0.477 e. The first-order chi connectivity index (χ1) is 11.9. The highest BCUT2D eigenvalue weighted by molar-refractivity contribution is 7.85. The molecule has 0 aliphatic heterocycles. The van der Waals surface area contributed by atoms with Gasteiger partial charge >= 0.3 is 5.97 Å². The molecular formula is C17H37N3O6S+2.